The fourth-order valence-electron chi connectivity index (χ4n) is 3.01. The van der Waals surface area contributed by atoms with Crippen LogP contribution in [0.4, 0.5) is 4.79 Å². The first-order valence-electron chi connectivity index (χ1n) is 6.83. The van der Waals surface area contributed by atoms with Crippen LogP contribution in [0.5, 0.6) is 0 Å². The summed E-state index contributed by atoms with van der Waals surface area (Å²) >= 11 is 0. The smallest absolute Gasteiger partial charge is 0.317 e. The van der Waals surface area contributed by atoms with Crippen LogP contribution in [0.3, 0.4) is 0 Å². The normalized spacial score (nSPS) is 28.6. The quantitative estimate of drug-likeness (QED) is 0.802. The van der Waals surface area contributed by atoms with Crippen molar-refractivity contribution in [3.8, 4) is 0 Å². The summed E-state index contributed by atoms with van der Waals surface area (Å²) in [5.74, 6) is -0.556. The van der Waals surface area contributed by atoms with Gasteiger partial charge in [-0.05, 0) is 24.7 Å². The summed E-state index contributed by atoms with van der Waals surface area (Å²) in [5, 5.41) is 12.0. The van der Waals surface area contributed by atoms with Crippen molar-refractivity contribution in [3.05, 3.63) is 0 Å². The van der Waals surface area contributed by atoms with E-state index < -0.39 is 11.9 Å². The number of hydrogen-bond donors (Lipinski definition) is 2. The van der Waals surface area contributed by atoms with E-state index in [1.165, 1.54) is 25.7 Å². The Bertz CT molecular complexity index is 326. The first kappa shape index (κ1) is 13.2. The molecule has 18 heavy (non-hydrogen) atoms. The SMILES string of the molecule is C[C@@H]1CN(C(=O)NCC2CCCC2)C[C@H]1C(=O)O. The van der Waals surface area contributed by atoms with Gasteiger partial charge in [0.25, 0.3) is 0 Å². The topological polar surface area (TPSA) is 69.6 Å². The Kier molecular flexibility index (Phi) is 4.09. The minimum absolute atomic E-state index is 0.0414. The number of rotatable bonds is 3. The Morgan fingerprint density at radius 3 is 2.50 bits per heavy atom. The van der Waals surface area contributed by atoms with Gasteiger partial charge in [0.05, 0.1) is 5.92 Å². The molecule has 2 atom stereocenters. The molecule has 1 aliphatic carbocycles. The molecule has 2 fully saturated rings. The predicted molar refractivity (Wildman–Crippen MR) is 67.2 cm³/mol. The lowest BCUT2D eigenvalue weighted by Crippen LogP contribution is -2.40. The van der Waals surface area contributed by atoms with Crippen LogP contribution in [0.2, 0.25) is 0 Å². The van der Waals surface area contributed by atoms with Gasteiger partial charge in [-0.15, -0.1) is 0 Å². The van der Waals surface area contributed by atoms with Crippen LogP contribution in [-0.4, -0.2) is 41.6 Å². The van der Waals surface area contributed by atoms with E-state index in [1.54, 1.807) is 4.90 Å². The highest BCUT2D eigenvalue weighted by molar-refractivity contribution is 5.77. The van der Waals surface area contributed by atoms with Gasteiger partial charge in [-0.25, -0.2) is 4.79 Å². The van der Waals surface area contributed by atoms with E-state index in [0.717, 1.165) is 6.54 Å². The Labute approximate surface area is 108 Å². The third-order valence-corrected chi connectivity index (χ3v) is 4.23. The molecule has 2 aliphatic rings. The van der Waals surface area contributed by atoms with Gasteiger partial charge < -0.3 is 15.3 Å². The maximum Gasteiger partial charge on any atom is 0.317 e. The number of carbonyl (C=O) groups is 2. The van der Waals surface area contributed by atoms with Crippen molar-refractivity contribution in [2.24, 2.45) is 17.8 Å². The fourth-order valence-corrected chi connectivity index (χ4v) is 3.01. The van der Waals surface area contributed by atoms with Crippen molar-refractivity contribution < 1.29 is 14.7 Å². The minimum Gasteiger partial charge on any atom is -0.481 e. The molecule has 0 radical (unpaired) electrons. The number of likely N-dealkylation sites (tertiary alicyclic amines) is 1. The summed E-state index contributed by atoms with van der Waals surface area (Å²) in [6, 6.07) is -0.0995. The molecule has 2 amide bonds. The standard InChI is InChI=1S/C13H22N2O3/c1-9-7-15(8-11(9)12(16)17)13(18)14-6-10-4-2-3-5-10/h9-11H,2-8H2,1H3,(H,14,18)(H,16,17)/t9-,11-/m1/s1. The highest BCUT2D eigenvalue weighted by atomic mass is 16.4. The van der Waals surface area contributed by atoms with Crippen molar-refractivity contribution >= 4 is 12.0 Å². The largest absolute Gasteiger partial charge is 0.481 e. The monoisotopic (exact) mass is 254 g/mol. The second-order valence-electron chi connectivity index (χ2n) is 5.66. The fraction of sp³-hybridized carbons (Fsp3) is 0.846. The average molecular weight is 254 g/mol. The number of carboxylic acid groups (broad SMARTS) is 1. The number of carbonyl (C=O) groups excluding carboxylic acids is 1. The maximum absolute atomic E-state index is 11.9. The van der Waals surface area contributed by atoms with E-state index in [2.05, 4.69) is 5.32 Å². The van der Waals surface area contributed by atoms with Crippen molar-refractivity contribution in [1.82, 2.24) is 10.2 Å². The van der Waals surface area contributed by atoms with E-state index in [-0.39, 0.29) is 11.9 Å². The van der Waals surface area contributed by atoms with E-state index in [1.807, 2.05) is 6.92 Å². The molecule has 0 aromatic heterocycles. The molecule has 1 saturated carbocycles. The zero-order valence-corrected chi connectivity index (χ0v) is 10.9. The number of amides is 2. The molecular formula is C13H22N2O3. The number of hydrogen-bond acceptors (Lipinski definition) is 2. The first-order valence-corrected chi connectivity index (χ1v) is 6.83. The van der Waals surface area contributed by atoms with E-state index in [0.29, 0.717) is 19.0 Å². The molecule has 5 nitrogen and oxygen atoms in total. The summed E-state index contributed by atoms with van der Waals surface area (Å²) in [4.78, 5) is 24.6. The third kappa shape index (κ3) is 2.94. The summed E-state index contributed by atoms with van der Waals surface area (Å²) < 4.78 is 0. The van der Waals surface area contributed by atoms with Crippen LogP contribution in [-0.2, 0) is 4.79 Å². The second kappa shape index (κ2) is 5.59. The van der Waals surface area contributed by atoms with Gasteiger partial charge in [0.2, 0.25) is 0 Å². The lowest BCUT2D eigenvalue weighted by atomic mass is 9.99. The molecule has 0 aromatic rings. The third-order valence-electron chi connectivity index (χ3n) is 4.23. The molecule has 102 valence electrons. The van der Waals surface area contributed by atoms with Gasteiger partial charge in [0.15, 0.2) is 0 Å². The maximum atomic E-state index is 11.9. The number of nitrogens with one attached hydrogen (secondary N) is 1. The molecule has 0 spiro atoms. The highest BCUT2D eigenvalue weighted by Gasteiger charge is 2.36. The molecule has 1 saturated heterocycles. The number of nitrogens with zero attached hydrogens (tertiary/aromatic N) is 1. The van der Waals surface area contributed by atoms with Gasteiger partial charge in [0.1, 0.15) is 0 Å². The van der Waals surface area contributed by atoms with Crippen molar-refractivity contribution in [2.75, 3.05) is 19.6 Å². The average Bonchev–Trinajstić information content (AvgIpc) is 2.94. The Morgan fingerprint density at radius 2 is 1.94 bits per heavy atom. The molecule has 2 rings (SSSR count). The second-order valence-corrected chi connectivity index (χ2v) is 5.66. The van der Waals surface area contributed by atoms with Gasteiger partial charge in [0, 0.05) is 19.6 Å². The van der Waals surface area contributed by atoms with Gasteiger partial charge in [-0.3, -0.25) is 4.79 Å². The number of aliphatic carboxylic acids is 1. The van der Waals surface area contributed by atoms with E-state index >= 15 is 0 Å². The summed E-state index contributed by atoms with van der Waals surface area (Å²) in [6.07, 6.45) is 4.94. The number of urea groups is 1. The lowest BCUT2D eigenvalue weighted by molar-refractivity contribution is -0.142. The molecular weight excluding hydrogens is 232 g/mol. The van der Waals surface area contributed by atoms with Gasteiger partial charge in [-0.2, -0.15) is 0 Å². The molecule has 1 aliphatic heterocycles. The molecule has 0 bridgehead atoms. The van der Waals surface area contributed by atoms with Crippen LogP contribution < -0.4 is 5.32 Å². The van der Waals surface area contributed by atoms with Crippen LogP contribution in [0.15, 0.2) is 0 Å². The van der Waals surface area contributed by atoms with Crippen molar-refractivity contribution in [2.45, 2.75) is 32.6 Å². The highest BCUT2D eigenvalue weighted by Crippen LogP contribution is 2.25. The van der Waals surface area contributed by atoms with Crippen molar-refractivity contribution in [1.29, 1.82) is 0 Å². The summed E-state index contributed by atoms with van der Waals surface area (Å²) in [6.45, 7) is 3.52. The lowest BCUT2D eigenvalue weighted by Gasteiger charge is -2.18. The zero-order chi connectivity index (χ0) is 13.1. The Balaban J connectivity index is 1.77. The van der Waals surface area contributed by atoms with Crippen LogP contribution in [0, 0.1) is 17.8 Å². The Morgan fingerprint density at radius 1 is 1.28 bits per heavy atom. The molecule has 0 aromatic carbocycles. The molecule has 0 unspecified atom stereocenters. The van der Waals surface area contributed by atoms with Crippen LogP contribution in [0.25, 0.3) is 0 Å². The van der Waals surface area contributed by atoms with E-state index in [9.17, 15) is 9.59 Å². The minimum atomic E-state index is -0.798. The number of carboxylic acids is 1. The molecule has 1 heterocycles. The van der Waals surface area contributed by atoms with Crippen LogP contribution in [0.1, 0.15) is 32.6 Å². The summed E-state index contributed by atoms with van der Waals surface area (Å²) in [7, 11) is 0. The van der Waals surface area contributed by atoms with Gasteiger partial charge >= 0.3 is 12.0 Å². The molecule has 5 heteroatoms. The van der Waals surface area contributed by atoms with Crippen LogP contribution >= 0.6 is 0 Å². The zero-order valence-electron chi connectivity index (χ0n) is 10.9. The first-order chi connectivity index (χ1) is 8.58. The molecule has 2 N–H and O–H groups in total. The van der Waals surface area contributed by atoms with Gasteiger partial charge in [-0.1, -0.05) is 19.8 Å². The Hall–Kier alpha value is -1.26. The van der Waals surface area contributed by atoms with Crippen molar-refractivity contribution in [3.63, 3.8) is 0 Å². The predicted octanol–water partition coefficient (Wildman–Crippen LogP) is 1.54. The summed E-state index contributed by atoms with van der Waals surface area (Å²) in [5.41, 5.74) is 0. The van der Waals surface area contributed by atoms with E-state index in [4.69, 9.17) is 5.11 Å².